The molecule has 0 radical (unpaired) electrons. The number of aryl methyl sites for hydroxylation is 1. The standard InChI is InChI=1S/C18H19FN2OS/c1-12-16(11-20-17(22)13-7-3-2-4-8-13)23-18(21-12)14-9-5-6-10-15(14)19/h2-3,5-6,9-10,13H,4,7-8,11H2,1H3,(H,20,22)/t13-/m1/s1. The number of allylic oxidation sites excluding steroid dienone is 2. The molecule has 0 aliphatic heterocycles. The van der Waals surface area contributed by atoms with E-state index in [1.165, 1.54) is 17.4 Å². The molecule has 1 aromatic carbocycles. The highest BCUT2D eigenvalue weighted by Gasteiger charge is 2.19. The van der Waals surface area contributed by atoms with Crippen LogP contribution in [0.5, 0.6) is 0 Å². The Balaban J connectivity index is 1.68. The van der Waals surface area contributed by atoms with Gasteiger partial charge in [-0.1, -0.05) is 24.3 Å². The first-order valence-electron chi connectivity index (χ1n) is 7.79. The maximum Gasteiger partial charge on any atom is 0.223 e. The van der Waals surface area contributed by atoms with Crippen LogP contribution in [0.3, 0.4) is 0 Å². The summed E-state index contributed by atoms with van der Waals surface area (Å²) in [7, 11) is 0. The number of nitrogens with one attached hydrogen (secondary N) is 1. The minimum atomic E-state index is -0.272. The second kappa shape index (κ2) is 7.04. The summed E-state index contributed by atoms with van der Waals surface area (Å²) in [6.07, 6.45) is 6.88. The van der Waals surface area contributed by atoms with Crippen LogP contribution >= 0.6 is 11.3 Å². The van der Waals surface area contributed by atoms with E-state index >= 15 is 0 Å². The maximum atomic E-state index is 13.9. The van der Waals surface area contributed by atoms with Gasteiger partial charge in [0.1, 0.15) is 10.8 Å². The topological polar surface area (TPSA) is 42.0 Å². The van der Waals surface area contributed by atoms with Gasteiger partial charge in [-0.25, -0.2) is 9.37 Å². The Labute approximate surface area is 139 Å². The zero-order valence-corrected chi connectivity index (χ0v) is 13.8. The third-order valence-corrected chi connectivity index (χ3v) is 5.25. The smallest absolute Gasteiger partial charge is 0.223 e. The number of halogens is 1. The van der Waals surface area contributed by atoms with Crippen molar-refractivity contribution in [1.82, 2.24) is 10.3 Å². The van der Waals surface area contributed by atoms with Crippen LogP contribution in [-0.2, 0) is 11.3 Å². The van der Waals surface area contributed by atoms with Gasteiger partial charge in [-0.15, -0.1) is 11.3 Å². The zero-order valence-electron chi connectivity index (χ0n) is 13.0. The molecule has 1 heterocycles. The van der Waals surface area contributed by atoms with E-state index in [2.05, 4.69) is 22.5 Å². The monoisotopic (exact) mass is 330 g/mol. The highest BCUT2D eigenvalue weighted by molar-refractivity contribution is 7.15. The van der Waals surface area contributed by atoms with Gasteiger partial charge in [0.05, 0.1) is 12.2 Å². The Hall–Kier alpha value is -2.01. The molecular weight excluding hydrogens is 311 g/mol. The van der Waals surface area contributed by atoms with E-state index in [4.69, 9.17) is 0 Å². The molecule has 1 N–H and O–H groups in total. The number of benzene rings is 1. The number of hydrogen-bond donors (Lipinski definition) is 1. The second-order valence-corrected chi connectivity index (χ2v) is 6.79. The molecule has 1 aromatic heterocycles. The predicted molar refractivity (Wildman–Crippen MR) is 90.6 cm³/mol. The molecule has 23 heavy (non-hydrogen) atoms. The molecule has 0 spiro atoms. The predicted octanol–water partition coefficient (Wildman–Crippen LogP) is 4.23. The molecule has 1 amide bonds. The lowest BCUT2D eigenvalue weighted by Crippen LogP contribution is -2.30. The van der Waals surface area contributed by atoms with E-state index < -0.39 is 0 Å². The fourth-order valence-corrected chi connectivity index (χ4v) is 3.71. The number of carbonyl (C=O) groups excluding carboxylic acids is 1. The summed E-state index contributed by atoms with van der Waals surface area (Å²) in [6.45, 7) is 2.35. The summed E-state index contributed by atoms with van der Waals surface area (Å²) in [5.41, 5.74) is 1.35. The Bertz CT molecular complexity index is 738. The molecular formula is C18H19FN2OS. The van der Waals surface area contributed by atoms with E-state index in [1.807, 2.05) is 6.92 Å². The van der Waals surface area contributed by atoms with Crippen LogP contribution in [0.25, 0.3) is 10.6 Å². The quantitative estimate of drug-likeness (QED) is 0.853. The number of carbonyl (C=O) groups is 1. The normalized spacial score (nSPS) is 17.2. The van der Waals surface area contributed by atoms with Crippen LogP contribution < -0.4 is 5.32 Å². The summed E-state index contributed by atoms with van der Waals surface area (Å²) in [4.78, 5) is 17.6. The third-order valence-electron chi connectivity index (χ3n) is 4.06. The molecule has 0 unspecified atom stereocenters. The van der Waals surface area contributed by atoms with Crippen molar-refractivity contribution >= 4 is 17.2 Å². The van der Waals surface area contributed by atoms with Gasteiger partial charge in [0, 0.05) is 16.4 Å². The Morgan fingerprint density at radius 2 is 2.22 bits per heavy atom. The van der Waals surface area contributed by atoms with E-state index in [-0.39, 0.29) is 17.6 Å². The lowest BCUT2D eigenvalue weighted by Gasteiger charge is -2.16. The molecule has 3 nitrogen and oxygen atoms in total. The van der Waals surface area contributed by atoms with Crippen molar-refractivity contribution in [1.29, 1.82) is 0 Å². The van der Waals surface area contributed by atoms with Crippen molar-refractivity contribution in [2.45, 2.75) is 32.7 Å². The summed E-state index contributed by atoms with van der Waals surface area (Å²) in [5, 5.41) is 3.65. The average molecular weight is 330 g/mol. The van der Waals surface area contributed by atoms with Gasteiger partial charge in [-0.2, -0.15) is 0 Å². The molecule has 0 fully saturated rings. The molecule has 2 aromatic rings. The molecule has 0 saturated heterocycles. The fraction of sp³-hybridized carbons (Fsp3) is 0.333. The SMILES string of the molecule is Cc1nc(-c2ccccc2F)sc1CNC(=O)[C@@H]1CC=CCC1. The first-order chi connectivity index (χ1) is 11.1. The first kappa shape index (κ1) is 15.9. The summed E-state index contributed by atoms with van der Waals surface area (Å²) in [6, 6.07) is 6.63. The largest absolute Gasteiger partial charge is 0.351 e. The van der Waals surface area contributed by atoms with E-state index in [0.29, 0.717) is 17.1 Å². The van der Waals surface area contributed by atoms with Gasteiger partial charge < -0.3 is 5.32 Å². The van der Waals surface area contributed by atoms with Gasteiger partial charge in [0.15, 0.2) is 0 Å². The highest BCUT2D eigenvalue weighted by Crippen LogP contribution is 2.29. The first-order valence-corrected chi connectivity index (χ1v) is 8.60. The van der Waals surface area contributed by atoms with Gasteiger partial charge >= 0.3 is 0 Å². The van der Waals surface area contributed by atoms with Crippen LogP contribution in [-0.4, -0.2) is 10.9 Å². The van der Waals surface area contributed by atoms with E-state index in [9.17, 15) is 9.18 Å². The molecule has 1 atom stereocenters. The second-order valence-electron chi connectivity index (χ2n) is 5.71. The minimum absolute atomic E-state index is 0.0688. The number of nitrogens with zero attached hydrogens (tertiary/aromatic N) is 1. The summed E-state index contributed by atoms with van der Waals surface area (Å²) >= 11 is 1.44. The van der Waals surface area contributed by atoms with Gasteiger partial charge in [0.2, 0.25) is 5.91 Å². The van der Waals surface area contributed by atoms with Crippen molar-refractivity contribution in [3.8, 4) is 10.6 Å². The van der Waals surface area contributed by atoms with Crippen molar-refractivity contribution in [3.05, 3.63) is 52.8 Å². The fourth-order valence-electron chi connectivity index (χ4n) is 2.69. The van der Waals surface area contributed by atoms with E-state index in [1.54, 1.807) is 18.2 Å². The van der Waals surface area contributed by atoms with Crippen LogP contribution in [0.15, 0.2) is 36.4 Å². The minimum Gasteiger partial charge on any atom is -0.351 e. The number of hydrogen-bond acceptors (Lipinski definition) is 3. The maximum absolute atomic E-state index is 13.9. The van der Waals surface area contributed by atoms with E-state index in [0.717, 1.165) is 29.8 Å². The highest BCUT2D eigenvalue weighted by atomic mass is 32.1. The van der Waals surface area contributed by atoms with Crippen LogP contribution in [0.2, 0.25) is 0 Å². The molecule has 5 heteroatoms. The Morgan fingerprint density at radius 1 is 1.39 bits per heavy atom. The Morgan fingerprint density at radius 3 is 2.96 bits per heavy atom. The molecule has 1 aliphatic carbocycles. The average Bonchev–Trinajstić information content (AvgIpc) is 2.94. The lowest BCUT2D eigenvalue weighted by molar-refractivity contribution is -0.125. The van der Waals surface area contributed by atoms with Crippen molar-refractivity contribution < 1.29 is 9.18 Å². The third kappa shape index (κ3) is 3.67. The Kier molecular flexibility index (Phi) is 4.86. The number of aromatic nitrogens is 1. The molecule has 0 saturated carbocycles. The summed E-state index contributed by atoms with van der Waals surface area (Å²) in [5.74, 6) is -0.111. The van der Waals surface area contributed by atoms with Crippen molar-refractivity contribution in [2.75, 3.05) is 0 Å². The molecule has 120 valence electrons. The van der Waals surface area contributed by atoms with Crippen LogP contribution in [0, 0.1) is 18.7 Å². The summed E-state index contributed by atoms with van der Waals surface area (Å²) < 4.78 is 13.9. The van der Waals surface area contributed by atoms with Crippen molar-refractivity contribution in [2.24, 2.45) is 5.92 Å². The molecule has 1 aliphatic rings. The van der Waals surface area contributed by atoms with Crippen molar-refractivity contribution in [3.63, 3.8) is 0 Å². The number of rotatable bonds is 4. The van der Waals surface area contributed by atoms with Crippen LogP contribution in [0.4, 0.5) is 4.39 Å². The number of amides is 1. The van der Waals surface area contributed by atoms with Gasteiger partial charge in [-0.05, 0) is 38.3 Å². The van der Waals surface area contributed by atoms with Gasteiger partial charge in [-0.3, -0.25) is 4.79 Å². The zero-order chi connectivity index (χ0) is 16.2. The number of thiazole rings is 1. The molecule has 0 bridgehead atoms. The van der Waals surface area contributed by atoms with Gasteiger partial charge in [0.25, 0.3) is 0 Å². The molecule has 3 rings (SSSR count). The lowest BCUT2D eigenvalue weighted by atomic mass is 9.94. The van der Waals surface area contributed by atoms with Crippen LogP contribution in [0.1, 0.15) is 29.8 Å².